The van der Waals surface area contributed by atoms with Crippen LogP contribution in [0.4, 0.5) is 0 Å². The zero-order valence-electron chi connectivity index (χ0n) is 10.2. The summed E-state index contributed by atoms with van der Waals surface area (Å²) in [5.41, 5.74) is 0.341. The van der Waals surface area contributed by atoms with Crippen LogP contribution in [0.1, 0.15) is 10.4 Å². The summed E-state index contributed by atoms with van der Waals surface area (Å²) in [5.74, 6) is -0.428. The summed E-state index contributed by atoms with van der Waals surface area (Å²) in [4.78, 5) is 33.1. The Morgan fingerprint density at radius 1 is 1.37 bits per heavy atom. The van der Waals surface area contributed by atoms with Crippen LogP contribution in [0.5, 0.6) is 5.75 Å². The fraction of sp³-hybridized carbons (Fsp3) is 0.250. The van der Waals surface area contributed by atoms with Crippen molar-refractivity contribution in [2.75, 3.05) is 20.2 Å². The molecule has 6 nitrogen and oxygen atoms in total. The summed E-state index contributed by atoms with van der Waals surface area (Å²) in [6.45, 7) is -0.376. The number of ether oxygens (including phenoxy) is 1. The van der Waals surface area contributed by atoms with Crippen LogP contribution in [-0.4, -0.2) is 38.3 Å². The predicted octanol–water partition coefficient (Wildman–Crippen LogP) is 0.503. The number of aldehydes is 1. The van der Waals surface area contributed by atoms with Crippen molar-refractivity contribution >= 4 is 34.0 Å². The zero-order valence-corrected chi connectivity index (χ0v) is 11.8. The van der Waals surface area contributed by atoms with Gasteiger partial charge in [0.1, 0.15) is 5.75 Å². The molecule has 0 aliphatic rings. The Bertz CT molecular complexity index is 491. The van der Waals surface area contributed by atoms with Crippen molar-refractivity contribution in [2.24, 2.45) is 0 Å². The highest BCUT2D eigenvalue weighted by molar-refractivity contribution is 9.10. The van der Waals surface area contributed by atoms with E-state index in [0.717, 1.165) is 4.47 Å². The molecule has 0 saturated heterocycles. The van der Waals surface area contributed by atoms with Crippen LogP contribution in [0.2, 0.25) is 0 Å². The van der Waals surface area contributed by atoms with Crippen molar-refractivity contribution in [1.82, 2.24) is 10.6 Å². The van der Waals surface area contributed by atoms with Gasteiger partial charge in [0.15, 0.2) is 12.9 Å². The fourth-order valence-electron chi connectivity index (χ4n) is 1.20. The molecule has 0 spiro atoms. The zero-order chi connectivity index (χ0) is 14.3. The number of carbonyl (C=O) groups excluding carboxylic acids is 3. The van der Waals surface area contributed by atoms with Gasteiger partial charge in [0.05, 0.1) is 12.1 Å². The van der Waals surface area contributed by atoms with Gasteiger partial charge in [0, 0.05) is 11.5 Å². The normalized spacial score (nSPS) is 9.58. The molecular formula is C12H13BrN2O4. The fourth-order valence-corrected chi connectivity index (χ4v) is 1.58. The van der Waals surface area contributed by atoms with E-state index in [0.29, 0.717) is 17.6 Å². The lowest BCUT2D eigenvalue weighted by molar-refractivity contribution is -0.127. The molecular weight excluding hydrogens is 316 g/mol. The summed E-state index contributed by atoms with van der Waals surface area (Å²) in [5, 5.41) is 4.75. The molecule has 1 rings (SSSR count). The SMILES string of the molecule is CNC(=O)CNC(=O)COc1ccc(Br)cc1C=O. The first-order valence-electron chi connectivity index (χ1n) is 5.41. The molecule has 0 fully saturated rings. The predicted molar refractivity (Wildman–Crippen MR) is 72.1 cm³/mol. The van der Waals surface area contributed by atoms with Crippen molar-refractivity contribution < 1.29 is 19.1 Å². The standard InChI is InChI=1S/C12H13BrN2O4/c1-14-11(17)5-15-12(18)7-19-10-3-2-9(13)4-8(10)6-16/h2-4,6H,5,7H2,1H3,(H,14,17)(H,15,18). The lowest BCUT2D eigenvalue weighted by atomic mass is 10.2. The maximum Gasteiger partial charge on any atom is 0.258 e. The summed E-state index contributed by atoms with van der Waals surface area (Å²) in [6, 6.07) is 4.87. The first-order valence-corrected chi connectivity index (χ1v) is 6.21. The number of rotatable bonds is 6. The Kier molecular flexibility index (Phi) is 6.01. The van der Waals surface area contributed by atoms with Gasteiger partial charge in [-0.2, -0.15) is 0 Å². The molecule has 0 aromatic heterocycles. The lowest BCUT2D eigenvalue weighted by Gasteiger charge is -2.09. The van der Waals surface area contributed by atoms with Crippen LogP contribution < -0.4 is 15.4 Å². The molecule has 2 N–H and O–H groups in total. The molecule has 0 aliphatic carbocycles. The number of hydrogen-bond acceptors (Lipinski definition) is 4. The minimum atomic E-state index is -0.441. The van der Waals surface area contributed by atoms with E-state index in [4.69, 9.17) is 4.74 Å². The van der Waals surface area contributed by atoms with Gasteiger partial charge >= 0.3 is 0 Å². The van der Waals surface area contributed by atoms with Gasteiger partial charge in [-0.25, -0.2) is 0 Å². The van der Waals surface area contributed by atoms with Crippen molar-refractivity contribution in [2.45, 2.75) is 0 Å². The van der Waals surface area contributed by atoms with Gasteiger partial charge in [-0.3, -0.25) is 14.4 Å². The van der Waals surface area contributed by atoms with Crippen LogP contribution >= 0.6 is 15.9 Å². The molecule has 0 heterocycles. The number of amides is 2. The molecule has 7 heteroatoms. The second kappa shape index (κ2) is 7.52. The van der Waals surface area contributed by atoms with E-state index in [1.807, 2.05) is 0 Å². The van der Waals surface area contributed by atoms with E-state index < -0.39 is 5.91 Å². The third kappa shape index (κ3) is 5.09. The Balaban J connectivity index is 2.50. The minimum absolute atomic E-state index is 0.112. The molecule has 1 aromatic carbocycles. The third-order valence-corrected chi connectivity index (χ3v) is 2.68. The minimum Gasteiger partial charge on any atom is -0.483 e. The molecule has 0 radical (unpaired) electrons. The summed E-state index contributed by atoms with van der Waals surface area (Å²) < 4.78 is 5.96. The maximum absolute atomic E-state index is 11.4. The molecule has 0 bridgehead atoms. The van der Waals surface area contributed by atoms with Crippen LogP contribution in [0.3, 0.4) is 0 Å². The van der Waals surface area contributed by atoms with Crippen molar-refractivity contribution in [1.29, 1.82) is 0 Å². The quantitative estimate of drug-likeness (QED) is 0.745. The van der Waals surface area contributed by atoms with E-state index in [2.05, 4.69) is 26.6 Å². The van der Waals surface area contributed by atoms with Gasteiger partial charge in [-0.15, -0.1) is 0 Å². The smallest absolute Gasteiger partial charge is 0.258 e. The average molecular weight is 329 g/mol. The summed E-state index contributed by atoms with van der Waals surface area (Å²) in [7, 11) is 1.48. The molecule has 0 atom stereocenters. The molecule has 19 heavy (non-hydrogen) atoms. The number of hydrogen-bond donors (Lipinski definition) is 2. The molecule has 2 amide bonds. The largest absolute Gasteiger partial charge is 0.483 e. The van der Waals surface area contributed by atoms with Gasteiger partial charge in [-0.1, -0.05) is 15.9 Å². The average Bonchev–Trinajstić information content (AvgIpc) is 2.43. The van der Waals surface area contributed by atoms with Crippen molar-refractivity contribution in [3.63, 3.8) is 0 Å². The van der Waals surface area contributed by atoms with Gasteiger partial charge in [0.2, 0.25) is 5.91 Å². The Hall–Kier alpha value is -1.89. The topological polar surface area (TPSA) is 84.5 Å². The summed E-state index contributed by atoms with van der Waals surface area (Å²) in [6.07, 6.45) is 0.641. The van der Waals surface area contributed by atoms with Crippen LogP contribution in [0, 0.1) is 0 Å². The second-order valence-electron chi connectivity index (χ2n) is 3.54. The lowest BCUT2D eigenvalue weighted by Crippen LogP contribution is -2.37. The Morgan fingerprint density at radius 3 is 2.74 bits per heavy atom. The highest BCUT2D eigenvalue weighted by atomic mass is 79.9. The third-order valence-electron chi connectivity index (χ3n) is 2.18. The van der Waals surface area contributed by atoms with Gasteiger partial charge in [0.25, 0.3) is 5.91 Å². The number of benzene rings is 1. The number of carbonyl (C=O) groups is 3. The van der Waals surface area contributed by atoms with Crippen LogP contribution in [0.15, 0.2) is 22.7 Å². The number of halogens is 1. The summed E-state index contributed by atoms with van der Waals surface area (Å²) >= 11 is 3.23. The molecule has 0 saturated carbocycles. The van der Waals surface area contributed by atoms with E-state index in [-0.39, 0.29) is 19.1 Å². The molecule has 102 valence electrons. The number of nitrogens with one attached hydrogen (secondary N) is 2. The highest BCUT2D eigenvalue weighted by Crippen LogP contribution is 2.21. The monoisotopic (exact) mass is 328 g/mol. The molecule has 0 unspecified atom stereocenters. The van der Waals surface area contributed by atoms with Gasteiger partial charge in [-0.05, 0) is 18.2 Å². The van der Waals surface area contributed by atoms with E-state index in [1.54, 1.807) is 18.2 Å². The maximum atomic E-state index is 11.4. The van der Waals surface area contributed by atoms with Crippen molar-refractivity contribution in [3.8, 4) is 5.75 Å². The van der Waals surface area contributed by atoms with E-state index in [1.165, 1.54) is 7.05 Å². The Morgan fingerprint density at radius 2 is 2.11 bits per heavy atom. The van der Waals surface area contributed by atoms with Gasteiger partial charge < -0.3 is 15.4 Å². The molecule has 1 aromatic rings. The second-order valence-corrected chi connectivity index (χ2v) is 4.45. The first-order chi connectivity index (χ1) is 9.06. The Labute approximate surface area is 118 Å². The number of likely N-dealkylation sites (N-methyl/N-ethyl adjacent to an activating group) is 1. The first kappa shape index (κ1) is 15.2. The van der Waals surface area contributed by atoms with Crippen molar-refractivity contribution in [3.05, 3.63) is 28.2 Å². The highest BCUT2D eigenvalue weighted by Gasteiger charge is 2.08. The van der Waals surface area contributed by atoms with Crippen LogP contribution in [0.25, 0.3) is 0 Å². The molecule has 0 aliphatic heterocycles. The van der Waals surface area contributed by atoms with E-state index >= 15 is 0 Å². The van der Waals surface area contributed by atoms with E-state index in [9.17, 15) is 14.4 Å². The van der Waals surface area contributed by atoms with Crippen LogP contribution in [-0.2, 0) is 9.59 Å².